The minimum atomic E-state index is -0.242. The third-order valence-corrected chi connectivity index (χ3v) is 3.85. The van der Waals surface area contributed by atoms with Crippen molar-refractivity contribution in [3.05, 3.63) is 45.9 Å². The zero-order chi connectivity index (χ0) is 13.2. The van der Waals surface area contributed by atoms with Gasteiger partial charge in [0.15, 0.2) is 0 Å². The van der Waals surface area contributed by atoms with Gasteiger partial charge in [0.2, 0.25) is 0 Å². The van der Waals surface area contributed by atoms with Crippen LogP contribution < -0.4 is 5.32 Å². The second-order valence-corrected chi connectivity index (χ2v) is 5.65. The van der Waals surface area contributed by atoms with Gasteiger partial charge in [-0.1, -0.05) is 21.1 Å². The molecule has 1 heterocycles. The van der Waals surface area contributed by atoms with Gasteiger partial charge in [-0.25, -0.2) is 9.07 Å². The Morgan fingerprint density at radius 1 is 1.42 bits per heavy atom. The van der Waals surface area contributed by atoms with Crippen LogP contribution in [0.15, 0.2) is 28.9 Å². The largest absolute Gasteiger partial charge is 0.308 e. The molecule has 1 aromatic carbocycles. The number of hydrogen-bond acceptors (Lipinski definition) is 3. The number of nitrogens with zero attached hydrogens (tertiary/aromatic N) is 3. The van der Waals surface area contributed by atoms with Crippen LogP contribution in [-0.4, -0.2) is 21.0 Å². The number of hydrogen-bond donors (Lipinski definition) is 1. The van der Waals surface area contributed by atoms with E-state index in [4.69, 9.17) is 0 Å². The van der Waals surface area contributed by atoms with E-state index in [1.54, 1.807) is 10.7 Å². The molecule has 1 aliphatic rings. The topological polar surface area (TPSA) is 42.7 Å². The fourth-order valence-electron chi connectivity index (χ4n) is 1.87. The Balaban J connectivity index is 1.66. The SMILES string of the molecule is Fc1ccc(Br)c(Cn2cc(CNC3CC3)nn2)c1. The summed E-state index contributed by atoms with van der Waals surface area (Å²) in [5, 5.41) is 11.6. The van der Waals surface area contributed by atoms with Crippen LogP contribution in [0.3, 0.4) is 0 Å². The van der Waals surface area contributed by atoms with Crippen molar-refractivity contribution >= 4 is 15.9 Å². The third-order valence-electron chi connectivity index (χ3n) is 3.08. The molecule has 0 radical (unpaired) electrons. The summed E-state index contributed by atoms with van der Waals surface area (Å²) < 4.78 is 15.8. The Morgan fingerprint density at radius 3 is 3.05 bits per heavy atom. The Bertz CT molecular complexity index is 580. The first-order valence-electron chi connectivity index (χ1n) is 6.27. The maximum absolute atomic E-state index is 13.2. The summed E-state index contributed by atoms with van der Waals surface area (Å²) in [6, 6.07) is 5.30. The van der Waals surface area contributed by atoms with Crippen molar-refractivity contribution in [1.29, 1.82) is 0 Å². The van der Waals surface area contributed by atoms with Gasteiger partial charge in [0.25, 0.3) is 0 Å². The van der Waals surface area contributed by atoms with E-state index in [1.807, 2.05) is 6.20 Å². The highest BCUT2D eigenvalue weighted by atomic mass is 79.9. The van der Waals surface area contributed by atoms with Crippen LogP contribution in [0.5, 0.6) is 0 Å². The summed E-state index contributed by atoms with van der Waals surface area (Å²) in [5.74, 6) is -0.242. The molecule has 0 saturated heterocycles. The molecule has 1 N–H and O–H groups in total. The van der Waals surface area contributed by atoms with Gasteiger partial charge in [-0.15, -0.1) is 5.10 Å². The van der Waals surface area contributed by atoms with Crippen LogP contribution in [0.4, 0.5) is 4.39 Å². The molecule has 1 aliphatic carbocycles. The molecular weight excluding hydrogens is 311 g/mol. The summed E-state index contributed by atoms with van der Waals surface area (Å²) in [7, 11) is 0. The summed E-state index contributed by atoms with van der Waals surface area (Å²) in [4.78, 5) is 0. The summed E-state index contributed by atoms with van der Waals surface area (Å²) in [6.45, 7) is 1.25. The molecule has 0 bridgehead atoms. The van der Waals surface area contributed by atoms with Gasteiger partial charge in [0.1, 0.15) is 5.82 Å². The molecule has 0 amide bonds. The van der Waals surface area contributed by atoms with Gasteiger partial charge < -0.3 is 5.32 Å². The number of aromatic nitrogens is 3. The average Bonchev–Trinajstić information content (AvgIpc) is 3.12. The molecule has 0 unspecified atom stereocenters. The fraction of sp³-hybridized carbons (Fsp3) is 0.385. The van der Waals surface area contributed by atoms with Crippen molar-refractivity contribution < 1.29 is 4.39 Å². The maximum Gasteiger partial charge on any atom is 0.123 e. The highest BCUT2D eigenvalue weighted by molar-refractivity contribution is 9.10. The van der Waals surface area contributed by atoms with E-state index >= 15 is 0 Å². The van der Waals surface area contributed by atoms with E-state index in [-0.39, 0.29) is 5.82 Å². The third kappa shape index (κ3) is 3.39. The molecule has 0 spiro atoms. The van der Waals surface area contributed by atoms with Gasteiger partial charge in [-0.2, -0.15) is 0 Å². The summed E-state index contributed by atoms with van der Waals surface area (Å²) >= 11 is 3.41. The molecule has 1 aromatic heterocycles. The molecule has 1 saturated carbocycles. The zero-order valence-electron chi connectivity index (χ0n) is 10.3. The predicted molar refractivity (Wildman–Crippen MR) is 73.1 cm³/mol. The lowest BCUT2D eigenvalue weighted by atomic mass is 10.2. The van der Waals surface area contributed by atoms with Crippen molar-refractivity contribution in [1.82, 2.24) is 20.3 Å². The quantitative estimate of drug-likeness (QED) is 0.918. The predicted octanol–water partition coefficient (Wildman–Crippen LogP) is 2.48. The molecular formula is C13H14BrFN4. The molecule has 4 nitrogen and oxygen atoms in total. The molecule has 1 fully saturated rings. The number of nitrogens with one attached hydrogen (secondary N) is 1. The maximum atomic E-state index is 13.2. The van der Waals surface area contributed by atoms with Crippen LogP contribution in [0.25, 0.3) is 0 Å². The monoisotopic (exact) mass is 324 g/mol. The van der Waals surface area contributed by atoms with E-state index < -0.39 is 0 Å². The fourth-order valence-corrected chi connectivity index (χ4v) is 2.24. The second-order valence-electron chi connectivity index (χ2n) is 4.80. The molecule has 0 atom stereocenters. The first-order chi connectivity index (χ1) is 9.20. The van der Waals surface area contributed by atoms with Crippen LogP contribution in [0.1, 0.15) is 24.1 Å². The van der Waals surface area contributed by atoms with Crippen molar-refractivity contribution in [3.63, 3.8) is 0 Å². The molecule has 6 heteroatoms. The van der Waals surface area contributed by atoms with Gasteiger partial charge in [-0.05, 0) is 36.6 Å². The molecule has 0 aliphatic heterocycles. The Morgan fingerprint density at radius 2 is 2.26 bits per heavy atom. The first-order valence-corrected chi connectivity index (χ1v) is 7.06. The molecule has 2 aromatic rings. The average molecular weight is 325 g/mol. The Kier molecular flexibility index (Phi) is 3.61. The van der Waals surface area contributed by atoms with Gasteiger partial charge in [0, 0.05) is 17.1 Å². The molecule has 19 heavy (non-hydrogen) atoms. The minimum absolute atomic E-state index is 0.242. The van der Waals surface area contributed by atoms with Crippen LogP contribution >= 0.6 is 15.9 Å². The lowest BCUT2D eigenvalue weighted by Gasteiger charge is -2.04. The smallest absolute Gasteiger partial charge is 0.123 e. The Labute approximate surface area is 119 Å². The van der Waals surface area contributed by atoms with Gasteiger partial charge in [-0.3, -0.25) is 0 Å². The second kappa shape index (κ2) is 5.38. The van der Waals surface area contributed by atoms with E-state index in [1.165, 1.54) is 25.0 Å². The minimum Gasteiger partial charge on any atom is -0.308 e. The van der Waals surface area contributed by atoms with Gasteiger partial charge >= 0.3 is 0 Å². The van der Waals surface area contributed by atoms with Crippen molar-refractivity contribution in [3.8, 4) is 0 Å². The first kappa shape index (κ1) is 12.7. The standard InChI is InChI=1S/C13H14BrFN4/c14-13-4-1-10(15)5-9(13)7-19-8-12(17-18-19)6-16-11-2-3-11/h1,4-5,8,11,16H,2-3,6-7H2. The Hall–Kier alpha value is -1.27. The summed E-state index contributed by atoms with van der Waals surface area (Å²) in [5.41, 5.74) is 1.77. The molecule has 100 valence electrons. The number of rotatable bonds is 5. The van der Waals surface area contributed by atoms with Crippen LogP contribution in [0.2, 0.25) is 0 Å². The zero-order valence-corrected chi connectivity index (χ0v) is 11.9. The van der Waals surface area contributed by atoms with Crippen LogP contribution in [0, 0.1) is 5.82 Å². The van der Waals surface area contributed by atoms with E-state index in [9.17, 15) is 4.39 Å². The lowest BCUT2D eigenvalue weighted by Crippen LogP contribution is -2.15. The van der Waals surface area contributed by atoms with E-state index in [0.29, 0.717) is 12.6 Å². The highest BCUT2D eigenvalue weighted by Crippen LogP contribution is 2.20. The van der Waals surface area contributed by atoms with Crippen LogP contribution in [-0.2, 0) is 13.1 Å². The number of halogens is 2. The normalized spacial score (nSPS) is 14.8. The summed E-state index contributed by atoms with van der Waals surface area (Å²) in [6.07, 6.45) is 4.40. The van der Waals surface area contributed by atoms with Crippen molar-refractivity contribution in [2.45, 2.75) is 32.0 Å². The van der Waals surface area contributed by atoms with Crippen molar-refractivity contribution in [2.24, 2.45) is 0 Å². The van der Waals surface area contributed by atoms with Crippen molar-refractivity contribution in [2.75, 3.05) is 0 Å². The van der Waals surface area contributed by atoms with E-state index in [2.05, 4.69) is 31.6 Å². The van der Waals surface area contributed by atoms with E-state index in [0.717, 1.165) is 22.3 Å². The lowest BCUT2D eigenvalue weighted by molar-refractivity contribution is 0.612. The number of benzene rings is 1. The molecule has 3 rings (SSSR count). The van der Waals surface area contributed by atoms with Gasteiger partial charge in [0.05, 0.1) is 18.4 Å². The highest BCUT2D eigenvalue weighted by Gasteiger charge is 2.20.